The topological polar surface area (TPSA) is 99.4 Å². The van der Waals surface area contributed by atoms with Gasteiger partial charge in [0.2, 0.25) is 0 Å². The summed E-state index contributed by atoms with van der Waals surface area (Å²) in [5.74, 6) is 0.229. The lowest BCUT2D eigenvalue weighted by Crippen LogP contribution is -2.32. The van der Waals surface area contributed by atoms with E-state index in [1.165, 1.54) is 5.56 Å². The van der Waals surface area contributed by atoms with Crippen molar-refractivity contribution in [3.63, 3.8) is 0 Å². The quantitative estimate of drug-likeness (QED) is 0.396. The van der Waals surface area contributed by atoms with Gasteiger partial charge in [0.15, 0.2) is 0 Å². The summed E-state index contributed by atoms with van der Waals surface area (Å²) >= 11 is 0. The number of aliphatic hydroxyl groups is 3. The van der Waals surface area contributed by atoms with Crippen LogP contribution in [-0.4, -0.2) is 60.1 Å². The van der Waals surface area contributed by atoms with Crippen molar-refractivity contribution in [2.24, 2.45) is 5.41 Å². The summed E-state index contributed by atoms with van der Waals surface area (Å²) in [6.07, 6.45) is 2.62. The molecular weight excluding hydrogens is 384 g/mol. The number of aromatic hydroxyl groups is 1. The molecule has 166 valence electrons. The SMILES string of the molecule is C=Cc1ccc(CC(C)(COCCO)COCCO)cc1.OCc1ccc(O)cc1. The first-order chi connectivity index (χ1) is 14.5. The van der Waals surface area contributed by atoms with Crippen molar-refractivity contribution in [2.45, 2.75) is 20.0 Å². The smallest absolute Gasteiger partial charge is 0.115 e. The van der Waals surface area contributed by atoms with Crippen LogP contribution in [0.4, 0.5) is 0 Å². The molecule has 2 aromatic carbocycles. The van der Waals surface area contributed by atoms with Gasteiger partial charge in [0.1, 0.15) is 5.75 Å². The van der Waals surface area contributed by atoms with Crippen LogP contribution in [0, 0.1) is 5.41 Å². The standard InChI is InChI=1S/C17H26O4.C7H8O2/c1-3-15-4-6-16(7-5-15)12-17(2,13-20-10-8-18)14-21-11-9-19;8-5-6-1-3-7(9)4-2-6/h3-7,18-19H,1,8-14H2,2H3;1-4,8-9H,5H2. The minimum absolute atomic E-state index is 0.0155. The number of hydrogen-bond acceptors (Lipinski definition) is 6. The van der Waals surface area contributed by atoms with Gasteiger partial charge in [-0.2, -0.15) is 0 Å². The summed E-state index contributed by atoms with van der Waals surface area (Å²) in [6.45, 7) is 7.55. The molecule has 2 rings (SSSR count). The van der Waals surface area contributed by atoms with E-state index in [0.29, 0.717) is 26.4 Å². The fourth-order valence-corrected chi connectivity index (χ4v) is 2.78. The Balaban J connectivity index is 0.000000414. The van der Waals surface area contributed by atoms with Crippen LogP contribution in [0.1, 0.15) is 23.6 Å². The Morgan fingerprint density at radius 3 is 1.77 bits per heavy atom. The minimum atomic E-state index is -0.194. The van der Waals surface area contributed by atoms with Crippen LogP contribution >= 0.6 is 0 Å². The highest BCUT2D eigenvalue weighted by molar-refractivity contribution is 5.47. The van der Waals surface area contributed by atoms with Crippen LogP contribution in [0.15, 0.2) is 55.1 Å². The normalized spacial score (nSPS) is 10.9. The highest BCUT2D eigenvalue weighted by Gasteiger charge is 2.25. The van der Waals surface area contributed by atoms with Gasteiger partial charge in [0.25, 0.3) is 0 Å². The largest absolute Gasteiger partial charge is 0.508 e. The molecule has 0 saturated carbocycles. The summed E-state index contributed by atoms with van der Waals surface area (Å²) in [7, 11) is 0. The van der Waals surface area contributed by atoms with E-state index in [2.05, 4.69) is 25.6 Å². The summed E-state index contributed by atoms with van der Waals surface area (Å²) < 4.78 is 11.0. The Bertz CT molecular complexity index is 687. The predicted molar refractivity (Wildman–Crippen MR) is 118 cm³/mol. The zero-order valence-electron chi connectivity index (χ0n) is 17.7. The van der Waals surface area contributed by atoms with Crippen LogP contribution < -0.4 is 0 Å². The van der Waals surface area contributed by atoms with E-state index in [1.807, 2.05) is 18.2 Å². The van der Waals surface area contributed by atoms with Crippen LogP contribution in [-0.2, 0) is 22.5 Å². The van der Waals surface area contributed by atoms with Crippen molar-refractivity contribution in [3.8, 4) is 5.75 Å². The second-order valence-corrected chi connectivity index (χ2v) is 7.31. The lowest BCUT2D eigenvalue weighted by atomic mass is 9.85. The Morgan fingerprint density at radius 2 is 1.33 bits per heavy atom. The highest BCUT2D eigenvalue weighted by Crippen LogP contribution is 2.24. The molecular formula is C24H34O6. The van der Waals surface area contributed by atoms with E-state index >= 15 is 0 Å². The van der Waals surface area contributed by atoms with E-state index < -0.39 is 0 Å². The van der Waals surface area contributed by atoms with E-state index in [1.54, 1.807) is 24.3 Å². The number of phenolic OH excluding ortho intramolecular Hbond substituents is 1. The average molecular weight is 419 g/mol. The lowest BCUT2D eigenvalue weighted by molar-refractivity contribution is -0.0271. The van der Waals surface area contributed by atoms with E-state index in [-0.39, 0.29) is 31.0 Å². The molecule has 0 radical (unpaired) electrons. The molecule has 30 heavy (non-hydrogen) atoms. The van der Waals surface area contributed by atoms with E-state index in [4.69, 9.17) is 29.9 Å². The monoisotopic (exact) mass is 418 g/mol. The van der Waals surface area contributed by atoms with Crippen molar-refractivity contribution in [1.82, 2.24) is 0 Å². The van der Waals surface area contributed by atoms with Crippen molar-refractivity contribution in [2.75, 3.05) is 39.6 Å². The molecule has 4 N–H and O–H groups in total. The maximum atomic E-state index is 8.83. The Labute approximate surface area is 179 Å². The number of rotatable bonds is 12. The maximum absolute atomic E-state index is 8.83. The van der Waals surface area contributed by atoms with Crippen molar-refractivity contribution >= 4 is 6.08 Å². The van der Waals surface area contributed by atoms with Crippen molar-refractivity contribution in [3.05, 3.63) is 71.8 Å². The first kappa shape index (κ1) is 25.8. The first-order valence-corrected chi connectivity index (χ1v) is 9.93. The first-order valence-electron chi connectivity index (χ1n) is 9.93. The van der Waals surface area contributed by atoms with Gasteiger partial charge in [0.05, 0.1) is 46.2 Å². The zero-order valence-corrected chi connectivity index (χ0v) is 17.7. The molecule has 0 bridgehead atoms. The molecule has 0 saturated heterocycles. The minimum Gasteiger partial charge on any atom is -0.508 e. The van der Waals surface area contributed by atoms with Crippen molar-refractivity contribution in [1.29, 1.82) is 0 Å². The van der Waals surface area contributed by atoms with Gasteiger partial charge in [-0.1, -0.05) is 56.0 Å². The van der Waals surface area contributed by atoms with Gasteiger partial charge >= 0.3 is 0 Å². The second kappa shape index (κ2) is 14.7. The number of ether oxygens (including phenoxy) is 2. The summed E-state index contributed by atoms with van der Waals surface area (Å²) in [6, 6.07) is 14.7. The Kier molecular flexibility index (Phi) is 12.7. The number of aliphatic hydroxyl groups excluding tert-OH is 3. The molecule has 0 spiro atoms. The summed E-state index contributed by atoms with van der Waals surface area (Å²) in [4.78, 5) is 0. The molecule has 0 fully saturated rings. The fraction of sp³-hybridized carbons (Fsp3) is 0.417. The van der Waals surface area contributed by atoms with E-state index in [0.717, 1.165) is 17.5 Å². The third-order valence-electron chi connectivity index (χ3n) is 4.34. The predicted octanol–water partition coefficient (Wildman–Crippen LogP) is 2.78. The molecule has 0 aliphatic rings. The van der Waals surface area contributed by atoms with Gasteiger partial charge in [-0.15, -0.1) is 0 Å². The summed E-state index contributed by atoms with van der Waals surface area (Å²) in [5, 5.41) is 35.0. The summed E-state index contributed by atoms with van der Waals surface area (Å²) in [5.41, 5.74) is 2.91. The zero-order chi connectivity index (χ0) is 22.2. The molecule has 0 atom stereocenters. The third kappa shape index (κ3) is 10.5. The average Bonchev–Trinajstić information content (AvgIpc) is 2.76. The van der Waals surface area contributed by atoms with Gasteiger partial charge < -0.3 is 29.9 Å². The van der Waals surface area contributed by atoms with Crippen LogP contribution in [0.5, 0.6) is 5.75 Å². The van der Waals surface area contributed by atoms with Crippen molar-refractivity contribution < 1.29 is 29.9 Å². The lowest BCUT2D eigenvalue weighted by Gasteiger charge is -2.29. The second-order valence-electron chi connectivity index (χ2n) is 7.31. The molecule has 6 heteroatoms. The molecule has 0 amide bonds. The number of hydrogen-bond donors (Lipinski definition) is 4. The molecule has 0 aromatic heterocycles. The number of benzene rings is 2. The highest BCUT2D eigenvalue weighted by atomic mass is 16.5. The Hall–Kier alpha value is -2.22. The van der Waals surface area contributed by atoms with E-state index in [9.17, 15) is 0 Å². The molecule has 0 unspecified atom stereocenters. The van der Waals surface area contributed by atoms with Crippen LogP contribution in [0.25, 0.3) is 6.08 Å². The van der Waals surface area contributed by atoms with Gasteiger partial charge in [-0.05, 0) is 35.2 Å². The molecule has 0 heterocycles. The van der Waals surface area contributed by atoms with Gasteiger partial charge in [0, 0.05) is 5.41 Å². The molecule has 2 aromatic rings. The van der Waals surface area contributed by atoms with Gasteiger partial charge in [-0.3, -0.25) is 0 Å². The van der Waals surface area contributed by atoms with Gasteiger partial charge in [-0.25, -0.2) is 0 Å². The third-order valence-corrected chi connectivity index (χ3v) is 4.34. The number of phenols is 1. The molecule has 0 aliphatic carbocycles. The van der Waals surface area contributed by atoms with Crippen LogP contribution in [0.3, 0.4) is 0 Å². The Morgan fingerprint density at radius 1 is 0.833 bits per heavy atom. The maximum Gasteiger partial charge on any atom is 0.115 e. The molecule has 0 aliphatic heterocycles. The molecule has 6 nitrogen and oxygen atoms in total. The fourth-order valence-electron chi connectivity index (χ4n) is 2.78. The van der Waals surface area contributed by atoms with Crippen LogP contribution in [0.2, 0.25) is 0 Å².